The number of urea groups is 1. The van der Waals surface area contributed by atoms with Crippen molar-refractivity contribution in [3.05, 3.63) is 35.9 Å². The molecule has 0 aliphatic carbocycles. The van der Waals surface area contributed by atoms with E-state index < -0.39 is 0 Å². The zero-order chi connectivity index (χ0) is 13.5. The molecular weight excluding hydrogens is 238 g/mol. The quantitative estimate of drug-likeness (QED) is 0.868. The molecule has 2 amide bonds. The maximum Gasteiger partial charge on any atom is 0.317 e. The van der Waals surface area contributed by atoms with Gasteiger partial charge in [-0.1, -0.05) is 30.3 Å². The van der Waals surface area contributed by atoms with Crippen LogP contribution in [0.2, 0.25) is 0 Å². The molecule has 0 atom stereocenters. The van der Waals surface area contributed by atoms with Gasteiger partial charge in [-0.3, -0.25) is 0 Å². The van der Waals surface area contributed by atoms with E-state index in [1.807, 2.05) is 42.3 Å². The number of nitrogens with one attached hydrogen (secondary N) is 2. The summed E-state index contributed by atoms with van der Waals surface area (Å²) >= 11 is 0. The Hall–Kier alpha value is -1.55. The Bertz CT molecular complexity index is 386. The van der Waals surface area contributed by atoms with E-state index in [4.69, 9.17) is 0 Å². The number of amides is 2. The summed E-state index contributed by atoms with van der Waals surface area (Å²) in [6.45, 7) is 3.40. The van der Waals surface area contributed by atoms with E-state index in [-0.39, 0.29) is 6.03 Å². The molecule has 0 saturated carbocycles. The van der Waals surface area contributed by atoms with Crippen molar-refractivity contribution >= 4 is 6.03 Å². The second-order valence-electron chi connectivity index (χ2n) is 5.13. The lowest BCUT2D eigenvalue weighted by atomic mass is 9.97. The number of rotatable bonds is 4. The van der Waals surface area contributed by atoms with Crippen LogP contribution >= 0.6 is 0 Å². The topological polar surface area (TPSA) is 44.4 Å². The lowest BCUT2D eigenvalue weighted by Gasteiger charge is -2.32. The van der Waals surface area contributed by atoms with Gasteiger partial charge >= 0.3 is 6.03 Å². The Morgan fingerprint density at radius 2 is 1.95 bits per heavy atom. The molecule has 2 rings (SSSR count). The molecule has 1 aliphatic heterocycles. The van der Waals surface area contributed by atoms with E-state index in [1.54, 1.807) is 0 Å². The molecule has 0 aromatic heterocycles. The number of nitrogens with zero attached hydrogens (tertiary/aromatic N) is 1. The Morgan fingerprint density at radius 1 is 1.26 bits per heavy atom. The van der Waals surface area contributed by atoms with Gasteiger partial charge in [-0.15, -0.1) is 0 Å². The second-order valence-corrected chi connectivity index (χ2v) is 5.13. The summed E-state index contributed by atoms with van der Waals surface area (Å²) in [6.07, 6.45) is 2.19. The van der Waals surface area contributed by atoms with Crippen LogP contribution < -0.4 is 10.6 Å². The first-order chi connectivity index (χ1) is 9.29. The highest BCUT2D eigenvalue weighted by Crippen LogP contribution is 2.16. The molecule has 19 heavy (non-hydrogen) atoms. The van der Waals surface area contributed by atoms with Crippen molar-refractivity contribution < 1.29 is 4.79 Å². The number of carbonyl (C=O) groups excluding carboxylic acids is 1. The number of carbonyl (C=O) groups is 1. The fourth-order valence-electron chi connectivity index (χ4n) is 2.51. The number of hydrogen-bond donors (Lipinski definition) is 2. The van der Waals surface area contributed by atoms with Crippen molar-refractivity contribution in [2.75, 3.05) is 26.7 Å². The molecule has 104 valence electrons. The fourth-order valence-corrected chi connectivity index (χ4v) is 2.51. The maximum absolute atomic E-state index is 12.0. The minimum atomic E-state index is 0.0618. The van der Waals surface area contributed by atoms with Gasteiger partial charge in [0.1, 0.15) is 0 Å². The number of likely N-dealkylation sites (tertiary alicyclic amines) is 1. The third-order valence-electron chi connectivity index (χ3n) is 3.68. The summed E-state index contributed by atoms with van der Waals surface area (Å²) in [7, 11) is 1.99. The van der Waals surface area contributed by atoms with Gasteiger partial charge in [-0.25, -0.2) is 4.79 Å². The minimum Gasteiger partial charge on any atom is -0.334 e. The zero-order valence-corrected chi connectivity index (χ0v) is 11.6. The summed E-state index contributed by atoms with van der Waals surface area (Å²) in [5.74, 6) is 0.711. The maximum atomic E-state index is 12.0. The van der Waals surface area contributed by atoms with E-state index in [0.717, 1.165) is 38.0 Å². The molecule has 2 N–H and O–H groups in total. The van der Waals surface area contributed by atoms with Crippen LogP contribution in [0.25, 0.3) is 0 Å². The summed E-state index contributed by atoms with van der Waals surface area (Å²) < 4.78 is 0. The van der Waals surface area contributed by atoms with Crippen LogP contribution in [-0.2, 0) is 6.54 Å². The second kappa shape index (κ2) is 7.14. The monoisotopic (exact) mass is 261 g/mol. The first-order valence-corrected chi connectivity index (χ1v) is 7.01. The fraction of sp³-hybridized carbons (Fsp3) is 0.533. The predicted octanol–water partition coefficient (Wildman–Crippen LogP) is 1.83. The van der Waals surface area contributed by atoms with Crippen LogP contribution in [0.4, 0.5) is 4.79 Å². The van der Waals surface area contributed by atoms with E-state index >= 15 is 0 Å². The van der Waals surface area contributed by atoms with E-state index in [0.29, 0.717) is 12.5 Å². The summed E-state index contributed by atoms with van der Waals surface area (Å²) in [6, 6.07) is 10.1. The molecule has 0 bridgehead atoms. The molecule has 1 heterocycles. The molecule has 1 aliphatic rings. The van der Waals surface area contributed by atoms with Gasteiger partial charge in [0.05, 0.1) is 0 Å². The molecule has 0 spiro atoms. The Kier molecular flexibility index (Phi) is 5.21. The van der Waals surface area contributed by atoms with Gasteiger partial charge < -0.3 is 15.5 Å². The molecule has 1 aromatic rings. The van der Waals surface area contributed by atoms with Gasteiger partial charge in [0.15, 0.2) is 0 Å². The third-order valence-corrected chi connectivity index (χ3v) is 3.68. The van der Waals surface area contributed by atoms with Gasteiger partial charge in [-0.2, -0.15) is 0 Å². The standard InChI is InChI=1S/C15H23N3O/c1-16-11-14-7-9-18(10-8-14)15(19)17-12-13-5-3-2-4-6-13/h2-6,14,16H,7-12H2,1H3,(H,17,19). The van der Waals surface area contributed by atoms with Crippen molar-refractivity contribution in [2.45, 2.75) is 19.4 Å². The normalized spacial score (nSPS) is 16.4. The molecule has 1 fully saturated rings. The van der Waals surface area contributed by atoms with Gasteiger partial charge in [0.25, 0.3) is 0 Å². The van der Waals surface area contributed by atoms with E-state index in [2.05, 4.69) is 10.6 Å². The molecule has 0 unspecified atom stereocenters. The minimum absolute atomic E-state index is 0.0618. The molecule has 4 nitrogen and oxygen atoms in total. The van der Waals surface area contributed by atoms with Crippen molar-refractivity contribution in [3.63, 3.8) is 0 Å². The molecule has 1 aromatic carbocycles. The average molecular weight is 261 g/mol. The number of benzene rings is 1. The highest BCUT2D eigenvalue weighted by atomic mass is 16.2. The van der Waals surface area contributed by atoms with Gasteiger partial charge in [0, 0.05) is 19.6 Å². The number of piperidine rings is 1. The van der Waals surface area contributed by atoms with Gasteiger partial charge in [-0.05, 0) is 37.9 Å². The highest BCUT2D eigenvalue weighted by Gasteiger charge is 2.21. The van der Waals surface area contributed by atoms with E-state index in [1.165, 1.54) is 0 Å². The molecule has 0 radical (unpaired) electrons. The largest absolute Gasteiger partial charge is 0.334 e. The third kappa shape index (κ3) is 4.24. The predicted molar refractivity (Wildman–Crippen MR) is 76.9 cm³/mol. The van der Waals surface area contributed by atoms with Crippen molar-refractivity contribution in [3.8, 4) is 0 Å². The van der Waals surface area contributed by atoms with Crippen LogP contribution in [0.1, 0.15) is 18.4 Å². The summed E-state index contributed by atoms with van der Waals surface area (Å²) in [5.41, 5.74) is 1.14. The van der Waals surface area contributed by atoms with Crippen LogP contribution in [0, 0.1) is 5.92 Å². The Labute approximate surface area is 115 Å². The SMILES string of the molecule is CNCC1CCN(C(=O)NCc2ccccc2)CC1. The summed E-state index contributed by atoms with van der Waals surface area (Å²) in [4.78, 5) is 14.0. The Morgan fingerprint density at radius 3 is 2.58 bits per heavy atom. The number of hydrogen-bond acceptors (Lipinski definition) is 2. The molecular formula is C15H23N3O. The Balaban J connectivity index is 1.73. The zero-order valence-electron chi connectivity index (χ0n) is 11.6. The average Bonchev–Trinajstić information content (AvgIpc) is 2.47. The summed E-state index contributed by atoms with van der Waals surface area (Å²) in [5, 5.41) is 6.20. The lowest BCUT2D eigenvalue weighted by molar-refractivity contribution is 0.170. The first kappa shape index (κ1) is 13.9. The van der Waals surface area contributed by atoms with Crippen molar-refractivity contribution in [1.82, 2.24) is 15.5 Å². The molecule has 1 saturated heterocycles. The van der Waals surface area contributed by atoms with Crippen molar-refractivity contribution in [2.24, 2.45) is 5.92 Å². The highest BCUT2D eigenvalue weighted by molar-refractivity contribution is 5.74. The van der Waals surface area contributed by atoms with Crippen LogP contribution in [0.5, 0.6) is 0 Å². The van der Waals surface area contributed by atoms with E-state index in [9.17, 15) is 4.79 Å². The van der Waals surface area contributed by atoms with Gasteiger partial charge in [0.2, 0.25) is 0 Å². The van der Waals surface area contributed by atoms with Crippen LogP contribution in [0.15, 0.2) is 30.3 Å². The smallest absolute Gasteiger partial charge is 0.317 e. The molecule has 4 heteroatoms. The van der Waals surface area contributed by atoms with Crippen LogP contribution in [-0.4, -0.2) is 37.6 Å². The first-order valence-electron chi connectivity index (χ1n) is 7.01. The van der Waals surface area contributed by atoms with Crippen LogP contribution in [0.3, 0.4) is 0 Å². The lowest BCUT2D eigenvalue weighted by Crippen LogP contribution is -2.45. The van der Waals surface area contributed by atoms with Crippen molar-refractivity contribution in [1.29, 1.82) is 0 Å².